The van der Waals surface area contributed by atoms with E-state index in [2.05, 4.69) is 31.9 Å². The minimum absolute atomic E-state index is 0.639. The highest BCUT2D eigenvalue weighted by Gasteiger charge is 2.38. The van der Waals surface area contributed by atoms with Gasteiger partial charge in [-0.15, -0.1) is 0 Å². The van der Waals surface area contributed by atoms with Crippen LogP contribution in [0.3, 0.4) is 0 Å². The van der Waals surface area contributed by atoms with Crippen LogP contribution in [0.5, 0.6) is 11.5 Å². The van der Waals surface area contributed by atoms with E-state index in [0.29, 0.717) is 11.5 Å². The van der Waals surface area contributed by atoms with Crippen LogP contribution in [0.4, 0.5) is 11.4 Å². The number of para-hydroxylation sites is 2. The first kappa shape index (κ1) is 22.3. The van der Waals surface area contributed by atoms with E-state index in [1.165, 1.54) is 0 Å². The molecule has 4 aromatic carbocycles. The van der Waals surface area contributed by atoms with Crippen molar-refractivity contribution < 1.29 is 13.9 Å². The summed E-state index contributed by atoms with van der Waals surface area (Å²) in [5, 5.41) is 0. The number of halogens is 2. The average Bonchev–Trinajstić information content (AvgIpc) is 2.87. The normalized spacial score (nSPS) is 14.0. The topological polar surface area (TPSA) is 52.4 Å². The lowest BCUT2D eigenvalue weighted by atomic mass is 9.69. The second kappa shape index (κ2) is 9.49. The molecule has 0 saturated carbocycles. The maximum atomic E-state index is 6.61. The third-order valence-corrected chi connectivity index (χ3v) is 6.71. The molecule has 0 fully saturated rings. The predicted octanol–water partition coefficient (Wildman–Crippen LogP) is 5.60. The first-order valence-corrected chi connectivity index (χ1v) is 12.6. The lowest BCUT2D eigenvalue weighted by Crippen LogP contribution is -2.51. The summed E-state index contributed by atoms with van der Waals surface area (Å²) in [6.45, 7) is 0. The molecular weight excluding hydrogens is 570 g/mol. The van der Waals surface area contributed by atoms with E-state index in [1.807, 2.05) is 84.9 Å². The summed E-state index contributed by atoms with van der Waals surface area (Å²) in [5.41, 5.74) is 4.73. The van der Waals surface area contributed by atoms with Crippen LogP contribution < -0.4 is 20.2 Å². The summed E-state index contributed by atoms with van der Waals surface area (Å²) in [7, 11) is -1.57. The third-order valence-electron chi connectivity index (χ3n) is 5.73. The summed E-state index contributed by atoms with van der Waals surface area (Å²) >= 11 is 7.10. The number of hydrogen-bond donors (Lipinski definition) is 0. The van der Waals surface area contributed by atoms with Crippen molar-refractivity contribution in [2.24, 2.45) is 9.98 Å². The molecule has 0 unspecified atom stereocenters. The smallest absolute Gasteiger partial charge is 0.532 e. The quantitative estimate of drug-likeness (QED) is 0.252. The Morgan fingerprint density at radius 1 is 0.571 bits per heavy atom. The van der Waals surface area contributed by atoms with Gasteiger partial charge in [-0.25, -0.2) is 0 Å². The van der Waals surface area contributed by atoms with Crippen LogP contribution in [-0.4, -0.2) is 26.7 Å². The minimum Gasteiger partial charge on any atom is -0.532 e. The van der Waals surface area contributed by atoms with Gasteiger partial charge in [-0.2, -0.15) is 0 Å². The van der Waals surface area contributed by atoms with Gasteiger partial charge in [-0.05, 0) is 48.5 Å². The Bertz CT molecular complexity index is 1380. The number of hydrogen-bond acceptors (Lipinski definition) is 5. The largest absolute Gasteiger partial charge is 0.552 e. The fourth-order valence-corrected chi connectivity index (χ4v) is 4.77. The van der Waals surface area contributed by atoms with Gasteiger partial charge in [0.2, 0.25) is 0 Å². The van der Waals surface area contributed by atoms with Gasteiger partial charge >= 0.3 is 14.2 Å². The molecule has 0 aliphatic carbocycles. The first-order chi connectivity index (χ1) is 17.1. The van der Waals surface area contributed by atoms with Crippen LogP contribution in [0.1, 0.15) is 11.1 Å². The zero-order valence-electron chi connectivity index (χ0n) is 18.3. The molecule has 0 spiro atoms. The van der Waals surface area contributed by atoms with Crippen molar-refractivity contribution in [2.75, 3.05) is 0 Å². The summed E-state index contributed by atoms with van der Waals surface area (Å²) in [5.74, 6) is 1.28. The Balaban J connectivity index is 1.60. The molecule has 2 aliphatic heterocycles. The Morgan fingerprint density at radius 3 is 1.51 bits per heavy atom. The highest BCUT2D eigenvalue weighted by Crippen LogP contribution is 2.28. The molecule has 0 radical (unpaired) electrons. The molecule has 0 amide bonds. The minimum atomic E-state index is -0.787. The zero-order chi connectivity index (χ0) is 23.8. The predicted molar refractivity (Wildman–Crippen MR) is 149 cm³/mol. The molecule has 9 heteroatoms. The Hall–Kier alpha value is -3.13. The van der Waals surface area contributed by atoms with Crippen molar-refractivity contribution in [1.29, 1.82) is 0 Å². The van der Waals surface area contributed by atoms with Gasteiger partial charge < -0.3 is 13.9 Å². The van der Waals surface area contributed by atoms with E-state index in [9.17, 15) is 0 Å². The van der Waals surface area contributed by atoms with E-state index in [-0.39, 0.29) is 0 Å². The molecule has 0 N–H and O–H groups in total. The fourth-order valence-electron chi connectivity index (χ4n) is 4.01. The number of fused-ring (bicyclic) bond motifs is 8. The lowest BCUT2D eigenvalue weighted by Gasteiger charge is -2.26. The molecule has 168 valence electrons. The van der Waals surface area contributed by atoms with Crippen LogP contribution in [0.15, 0.2) is 104 Å². The van der Waals surface area contributed by atoms with Crippen LogP contribution in [-0.2, 0) is 4.57 Å². The Kier molecular flexibility index (Phi) is 6.06. The van der Waals surface area contributed by atoms with E-state index in [4.69, 9.17) is 23.9 Å². The standard InChI is InChI=1S/C26H16B2Br2N2O3/c29-19-9-11-25-18(14-19)16-32-24-8-4-2-6-22(24)28-34-26-12-10-20(30)13-17(26)15-31-23-7-3-1-5-21(23)27(33-25)35-28/h1-16H. The van der Waals surface area contributed by atoms with Crippen molar-refractivity contribution >= 4 is 80.8 Å². The molecule has 2 heterocycles. The highest BCUT2D eigenvalue weighted by molar-refractivity contribution is 9.10. The van der Waals surface area contributed by atoms with Crippen LogP contribution in [0.25, 0.3) is 0 Å². The van der Waals surface area contributed by atoms with Crippen LogP contribution in [0, 0.1) is 0 Å². The highest BCUT2D eigenvalue weighted by atomic mass is 79.9. The van der Waals surface area contributed by atoms with Crippen molar-refractivity contribution in [3.63, 3.8) is 0 Å². The molecule has 2 aliphatic rings. The maximum Gasteiger partial charge on any atom is 0.552 e. The van der Waals surface area contributed by atoms with E-state index < -0.39 is 14.2 Å². The van der Waals surface area contributed by atoms with Crippen LogP contribution in [0.2, 0.25) is 0 Å². The fraction of sp³-hybridized carbons (Fsp3) is 0. The second-order valence-electron chi connectivity index (χ2n) is 8.03. The molecule has 35 heavy (non-hydrogen) atoms. The van der Waals surface area contributed by atoms with Gasteiger partial charge in [-0.1, -0.05) is 68.3 Å². The molecule has 2 bridgehead atoms. The second-order valence-corrected chi connectivity index (χ2v) is 9.87. The third kappa shape index (κ3) is 4.59. The van der Waals surface area contributed by atoms with Gasteiger partial charge in [0, 0.05) is 43.4 Å². The molecule has 6 rings (SSSR count). The first-order valence-electron chi connectivity index (χ1n) is 11.0. The van der Waals surface area contributed by atoms with E-state index in [0.717, 1.165) is 42.4 Å². The Morgan fingerprint density at radius 2 is 1.03 bits per heavy atom. The average molecular weight is 586 g/mol. The number of rotatable bonds is 0. The summed E-state index contributed by atoms with van der Waals surface area (Å²) in [6.07, 6.45) is 3.61. The molecule has 0 saturated heterocycles. The van der Waals surface area contributed by atoms with Crippen molar-refractivity contribution in [1.82, 2.24) is 0 Å². The van der Waals surface area contributed by atoms with Crippen molar-refractivity contribution in [3.05, 3.63) is 105 Å². The molecule has 0 aromatic heterocycles. The monoisotopic (exact) mass is 584 g/mol. The van der Waals surface area contributed by atoms with Crippen molar-refractivity contribution in [2.45, 2.75) is 0 Å². The van der Waals surface area contributed by atoms with Gasteiger partial charge in [0.15, 0.2) is 0 Å². The van der Waals surface area contributed by atoms with Crippen LogP contribution >= 0.6 is 31.9 Å². The lowest BCUT2D eigenvalue weighted by molar-refractivity contribution is 0.388. The molecule has 0 atom stereocenters. The Labute approximate surface area is 220 Å². The SMILES string of the molecule is Brc1ccc2c(c1)C=Nc1ccccc1B1OB(O2)c2ccccc2N=Cc2cc(Br)ccc2O1. The van der Waals surface area contributed by atoms with Crippen molar-refractivity contribution in [3.8, 4) is 11.5 Å². The van der Waals surface area contributed by atoms with Gasteiger partial charge in [0.25, 0.3) is 0 Å². The van der Waals surface area contributed by atoms with Gasteiger partial charge in [0.1, 0.15) is 11.5 Å². The summed E-state index contributed by atoms with van der Waals surface area (Å²) < 4.78 is 21.4. The summed E-state index contributed by atoms with van der Waals surface area (Å²) in [4.78, 5) is 9.54. The zero-order valence-corrected chi connectivity index (χ0v) is 21.4. The molecule has 4 aromatic rings. The maximum absolute atomic E-state index is 6.61. The van der Waals surface area contributed by atoms with Gasteiger partial charge in [-0.3, -0.25) is 9.98 Å². The molecule has 5 nitrogen and oxygen atoms in total. The van der Waals surface area contributed by atoms with E-state index >= 15 is 0 Å². The molecular formula is C26H16B2Br2N2O3. The summed E-state index contributed by atoms with van der Waals surface area (Å²) in [6, 6.07) is 27.2. The van der Waals surface area contributed by atoms with E-state index in [1.54, 1.807) is 12.4 Å². The van der Waals surface area contributed by atoms with Gasteiger partial charge in [0.05, 0.1) is 11.4 Å². The number of aliphatic imine (C=N–C) groups is 2. The number of benzene rings is 4. The number of nitrogens with zero attached hydrogens (tertiary/aromatic N) is 2.